The van der Waals surface area contributed by atoms with Crippen LogP contribution in [-0.2, 0) is 0 Å². The highest BCUT2D eigenvalue weighted by Crippen LogP contribution is 2.29. The van der Waals surface area contributed by atoms with Gasteiger partial charge < -0.3 is 5.32 Å². The monoisotopic (exact) mass is 235 g/mol. The molecule has 0 radical (unpaired) electrons. The minimum atomic E-state index is 0.107. The molecule has 1 unspecified atom stereocenters. The molecule has 1 N–H and O–H groups in total. The van der Waals surface area contributed by atoms with Crippen LogP contribution in [0.25, 0.3) is 0 Å². The Balaban J connectivity index is 2.10. The van der Waals surface area contributed by atoms with E-state index in [1.165, 1.54) is 0 Å². The van der Waals surface area contributed by atoms with Crippen molar-refractivity contribution in [3.05, 3.63) is 24.5 Å². The summed E-state index contributed by atoms with van der Waals surface area (Å²) < 4.78 is 0. The maximum absolute atomic E-state index is 4.77. The van der Waals surface area contributed by atoms with Crippen LogP contribution in [0.4, 0.5) is 5.69 Å². The Kier molecular flexibility index (Phi) is 3.49. The minimum absolute atomic E-state index is 0.107. The Morgan fingerprint density at radius 1 is 1.56 bits per heavy atom. The van der Waals surface area contributed by atoms with Gasteiger partial charge in [-0.15, -0.1) is 0 Å². The molecule has 0 saturated carbocycles. The third-order valence-electron chi connectivity index (χ3n) is 2.93. The SMILES string of the molecule is CCC1(C)CCSC(Nc2cccnc2)=N1. The standard InChI is InChI=1S/C12H17N3S/c1-3-12(2)6-8-16-11(15-12)14-10-5-4-7-13-9-10/h4-5,7,9H,3,6,8H2,1-2H3,(H,14,15). The van der Waals surface area contributed by atoms with Gasteiger partial charge >= 0.3 is 0 Å². The smallest absolute Gasteiger partial charge is 0.161 e. The topological polar surface area (TPSA) is 37.3 Å². The average Bonchev–Trinajstić information content (AvgIpc) is 2.30. The van der Waals surface area contributed by atoms with E-state index >= 15 is 0 Å². The molecule has 0 aromatic carbocycles. The maximum Gasteiger partial charge on any atom is 0.161 e. The molecule has 0 bridgehead atoms. The third kappa shape index (κ3) is 2.76. The first-order valence-electron chi connectivity index (χ1n) is 5.61. The molecule has 0 saturated heterocycles. The van der Waals surface area contributed by atoms with E-state index in [-0.39, 0.29) is 5.54 Å². The van der Waals surface area contributed by atoms with Crippen molar-refractivity contribution in [2.24, 2.45) is 4.99 Å². The molecular weight excluding hydrogens is 218 g/mol. The summed E-state index contributed by atoms with van der Waals surface area (Å²) in [5.74, 6) is 1.14. The van der Waals surface area contributed by atoms with E-state index in [0.717, 1.165) is 29.4 Å². The van der Waals surface area contributed by atoms with Gasteiger partial charge in [0.05, 0.1) is 17.4 Å². The number of aromatic nitrogens is 1. The van der Waals surface area contributed by atoms with Gasteiger partial charge in [0, 0.05) is 11.9 Å². The van der Waals surface area contributed by atoms with Crippen LogP contribution in [0.2, 0.25) is 0 Å². The van der Waals surface area contributed by atoms with Gasteiger partial charge in [-0.3, -0.25) is 9.98 Å². The molecule has 86 valence electrons. The van der Waals surface area contributed by atoms with Gasteiger partial charge in [-0.2, -0.15) is 0 Å². The molecule has 0 spiro atoms. The number of rotatable bonds is 2. The van der Waals surface area contributed by atoms with E-state index in [1.54, 1.807) is 18.0 Å². The summed E-state index contributed by atoms with van der Waals surface area (Å²) in [5.41, 5.74) is 1.12. The zero-order valence-corrected chi connectivity index (χ0v) is 10.5. The molecule has 1 aromatic heterocycles. The van der Waals surface area contributed by atoms with Crippen molar-refractivity contribution in [2.45, 2.75) is 32.2 Å². The van der Waals surface area contributed by atoms with E-state index in [0.29, 0.717) is 0 Å². The second kappa shape index (κ2) is 4.87. The Labute approximate surface area is 101 Å². The van der Waals surface area contributed by atoms with E-state index in [9.17, 15) is 0 Å². The summed E-state index contributed by atoms with van der Waals surface area (Å²) in [4.78, 5) is 8.85. The van der Waals surface area contributed by atoms with Gasteiger partial charge in [-0.05, 0) is 31.9 Å². The lowest BCUT2D eigenvalue weighted by atomic mass is 9.97. The molecule has 0 fully saturated rings. The lowest BCUT2D eigenvalue weighted by Crippen LogP contribution is -2.29. The Bertz CT molecular complexity index is 377. The molecule has 1 aromatic rings. The van der Waals surface area contributed by atoms with Crippen LogP contribution < -0.4 is 5.32 Å². The van der Waals surface area contributed by atoms with E-state index < -0.39 is 0 Å². The van der Waals surface area contributed by atoms with Crippen LogP contribution in [-0.4, -0.2) is 21.4 Å². The molecule has 1 atom stereocenters. The zero-order chi connectivity index (χ0) is 11.4. The number of hydrogen-bond acceptors (Lipinski definition) is 4. The summed E-state index contributed by atoms with van der Waals surface area (Å²) in [6.07, 6.45) is 5.84. The van der Waals surface area contributed by atoms with E-state index in [1.807, 2.05) is 18.3 Å². The van der Waals surface area contributed by atoms with Gasteiger partial charge in [0.15, 0.2) is 5.17 Å². The number of thioether (sulfide) groups is 1. The molecule has 2 heterocycles. The van der Waals surface area contributed by atoms with Crippen LogP contribution in [0.3, 0.4) is 0 Å². The fraction of sp³-hybridized carbons (Fsp3) is 0.500. The molecule has 2 rings (SSSR count). The molecule has 3 nitrogen and oxygen atoms in total. The normalized spacial score (nSPS) is 25.0. The van der Waals surface area contributed by atoms with Gasteiger partial charge in [0.25, 0.3) is 0 Å². The van der Waals surface area contributed by atoms with Crippen LogP contribution in [0.1, 0.15) is 26.7 Å². The second-order valence-electron chi connectivity index (χ2n) is 4.23. The Hall–Kier alpha value is -1.03. The van der Waals surface area contributed by atoms with E-state index in [2.05, 4.69) is 24.1 Å². The van der Waals surface area contributed by atoms with Gasteiger partial charge in [-0.1, -0.05) is 18.7 Å². The summed E-state index contributed by atoms with van der Waals surface area (Å²) in [7, 11) is 0. The maximum atomic E-state index is 4.77. The van der Waals surface area contributed by atoms with Gasteiger partial charge in [0.1, 0.15) is 0 Å². The highest BCUT2D eigenvalue weighted by molar-refractivity contribution is 8.14. The summed E-state index contributed by atoms with van der Waals surface area (Å²) in [6.45, 7) is 4.42. The average molecular weight is 235 g/mol. The van der Waals surface area contributed by atoms with Crippen LogP contribution in [0.15, 0.2) is 29.5 Å². The molecular formula is C12H17N3S. The summed E-state index contributed by atoms with van der Waals surface area (Å²) in [5, 5.41) is 4.34. The van der Waals surface area contributed by atoms with E-state index in [4.69, 9.17) is 4.99 Å². The number of amidine groups is 1. The molecule has 1 aliphatic rings. The van der Waals surface area contributed by atoms with Crippen molar-refractivity contribution < 1.29 is 0 Å². The molecule has 4 heteroatoms. The fourth-order valence-corrected chi connectivity index (χ4v) is 2.79. The van der Waals surface area contributed by atoms with Crippen molar-refractivity contribution >= 4 is 22.6 Å². The Morgan fingerprint density at radius 3 is 3.12 bits per heavy atom. The van der Waals surface area contributed by atoms with Gasteiger partial charge in [0.2, 0.25) is 0 Å². The number of aliphatic imine (C=N–C) groups is 1. The minimum Gasteiger partial charge on any atom is -0.334 e. The van der Waals surface area contributed by atoms with Crippen molar-refractivity contribution in [2.75, 3.05) is 11.1 Å². The first-order chi connectivity index (χ1) is 7.72. The van der Waals surface area contributed by atoms with Crippen molar-refractivity contribution in [1.82, 2.24) is 4.98 Å². The highest BCUT2D eigenvalue weighted by atomic mass is 32.2. The number of nitrogens with one attached hydrogen (secondary N) is 1. The first-order valence-corrected chi connectivity index (χ1v) is 6.60. The molecule has 0 aliphatic carbocycles. The van der Waals surface area contributed by atoms with Crippen molar-refractivity contribution in [1.29, 1.82) is 0 Å². The van der Waals surface area contributed by atoms with Crippen LogP contribution in [0, 0.1) is 0 Å². The molecule has 16 heavy (non-hydrogen) atoms. The largest absolute Gasteiger partial charge is 0.334 e. The van der Waals surface area contributed by atoms with Crippen LogP contribution >= 0.6 is 11.8 Å². The number of pyridine rings is 1. The highest BCUT2D eigenvalue weighted by Gasteiger charge is 2.25. The second-order valence-corrected chi connectivity index (χ2v) is 5.32. The predicted molar refractivity (Wildman–Crippen MR) is 71.1 cm³/mol. The Morgan fingerprint density at radius 2 is 2.44 bits per heavy atom. The van der Waals surface area contributed by atoms with Crippen molar-refractivity contribution in [3.63, 3.8) is 0 Å². The first kappa shape index (κ1) is 11.5. The van der Waals surface area contributed by atoms with Crippen LogP contribution in [0.5, 0.6) is 0 Å². The number of anilines is 1. The lowest BCUT2D eigenvalue weighted by Gasteiger charge is -2.29. The van der Waals surface area contributed by atoms with Crippen molar-refractivity contribution in [3.8, 4) is 0 Å². The van der Waals surface area contributed by atoms with Gasteiger partial charge in [-0.25, -0.2) is 0 Å². The summed E-state index contributed by atoms with van der Waals surface area (Å²) in [6, 6.07) is 3.93. The molecule has 1 aliphatic heterocycles. The number of hydrogen-bond donors (Lipinski definition) is 1. The number of nitrogens with zero attached hydrogens (tertiary/aromatic N) is 2. The third-order valence-corrected chi connectivity index (χ3v) is 3.80. The zero-order valence-electron chi connectivity index (χ0n) is 9.73. The molecule has 0 amide bonds. The summed E-state index contributed by atoms with van der Waals surface area (Å²) >= 11 is 1.79. The predicted octanol–water partition coefficient (Wildman–Crippen LogP) is 3.16. The lowest BCUT2D eigenvalue weighted by molar-refractivity contribution is 0.443. The quantitative estimate of drug-likeness (QED) is 0.855. The fourth-order valence-electron chi connectivity index (χ4n) is 1.58.